The zero-order chi connectivity index (χ0) is 11.5. The van der Waals surface area contributed by atoms with Crippen LogP contribution >= 0.6 is 12.4 Å². The van der Waals surface area contributed by atoms with E-state index >= 15 is 0 Å². The summed E-state index contributed by atoms with van der Waals surface area (Å²) in [6, 6.07) is 8.05. The number of nitrogens with zero attached hydrogens (tertiary/aromatic N) is 2. The molecule has 1 atom stereocenters. The molecule has 0 saturated heterocycles. The lowest BCUT2D eigenvalue weighted by molar-refractivity contribution is 0.372. The summed E-state index contributed by atoms with van der Waals surface area (Å²) in [7, 11) is 0. The predicted molar refractivity (Wildman–Crippen MR) is 69.1 cm³/mol. The molecule has 2 rings (SSSR count). The average Bonchev–Trinajstić information content (AvgIpc) is 2.66. The van der Waals surface area contributed by atoms with E-state index in [0.29, 0.717) is 18.1 Å². The summed E-state index contributed by atoms with van der Waals surface area (Å²) in [5, 5.41) is 3.93. The van der Waals surface area contributed by atoms with Crippen LogP contribution in [0.5, 0.6) is 0 Å². The van der Waals surface area contributed by atoms with Gasteiger partial charge in [0.05, 0.1) is 0 Å². The van der Waals surface area contributed by atoms with Crippen molar-refractivity contribution in [2.45, 2.75) is 26.3 Å². The molecule has 0 spiro atoms. The van der Waals surface area contributed by atoms with Gasteiger partial charge in [0.15, 0.2) is 0 Å². The topological polar surface area (TPSA) is 64.9 Å². The molecule has 92 valence electrons. The fourth-order valence-corrected chi connectivity index (χ4v) is 1.43. The third kappa shape index (κ3) is 3.54. The van der Waals surface area contributed by atoms with Crippen molar-refractivity contribution in [1.82, 2.24) is 10.1 Å². The zero-order valence-electron chi connectivity index (χ0n) is 9.88. The Hall–Kier alpha value is -1.39. The largest absolute Gasteiger partial charge is 0.339 e. The van der Waals surface area contributed by atoms with Crippen LogP contribution in [0.2, 0.25) is 0 Å². The van der Waals surface area contributed by atoms with Crippen LogP contribution in [0.25, 0.3) is 11.4 Å². The molecule has 1 aromatic carbocycles. The number of aryl methyl sites for hydroxylation is 1. The highest BCUT2D eigenvalue weighted by Crippen LogP contribution is 2.16. The molecular weight excluding hydrogens is 238 g/mol. The number of nitrogens with two attached hydrogens (primary N) is 1. The minimum Gasteiger partial charge on any atom is -0.339 e. The van der Waals surface area contributed by atoms with E-state index in [-0.39, 0.29) is 18.4 Å². The molecule has 0 fully saturated rings. The molecule has 2 N–H and O–H groups in total. The highest BCUT2D eigenvalue weighted by Gasteiger charge is 2.09. The van der Waals surface area contributed by atoms with Crippen molar-refractivity contribution in [2.75, 3.05) is 0 Å². The molecule has 0 amide bonds. The molecule has 0 saturated carbocycles. The maximum Gasteiger partial charge on any atom is 0.228 e. The van der Waals surface area contributed by atoms with Gasteiger partial charge in [-0.2, -0.15) is 4.98 Å². The van der Waals surface area contributed by atoms with Gasteiger partial charge in [-0.25, -0.2) is 0 Å². The van der Waals surface area contributed by atoms with Gasteiger partial charge >= 0.3 is 0 Å². The second-order valence-electron chi connectivity index (χ2n) is 4.06. The van der Waals surface area contributed by atoms with Gasteiger partial charge in [0.1, 0.15) is 0 Å². The van der Waals surface area contributed by atoms with Crippen LogP contribution in [0.3, 0.4) is 0 Å². The first kappa shape index (κ1) is 13.7. The van der Waals surface area contributed by atoms with E-state index in [0.717, 1.165) is 5.56 Å². The Bertz CT molecular complexity index is 465. The average molecular weight is 254 g/mol. The molecule has 1 aromatic heterocycles. The first-order valence-corrected chi connectivity index (χ1v) is 5.30. The Kier molecular flexibility index (Phi) is 4.66. The number of aromatic nitrogens is 2. The standard InChI is InChI=1S/C12H15N3O.ClH/c1-8-3-5-10(6-4-8)12-14-11(16-15-12)7-9(2)13;/h3-6,9H,7,13H2,1-2H3;1H. The van der Waals surface area contributed by atoms with E-state index in [9.17, 15) is 0 Å². The molecular formula is C12H16ClN3O. The maximum absolute atomic E-state index is 5.66. The quantitative estimate of drug-likeness (QED) is 0.912. The van der Waals surface area contributed by atoms with Gasteiger partial charge in [0.2, 0.25) is 11.7 Å². The summed E-state index contributed by atoms with van der Waals surface area (Å²) in [6.07, 6.45) is 0.610. The number of rotatable bonds is 3. The third-order valence-electron chi connectivity index (χ3n) is 2.27. The van der Waals surface area contributed by atoms with Crippen molar-refractivity contribution in [3.63, 3.8) is 0 Å². The second-order valence-corrected chi connectivity index (χ2v) is 4.06. The molecule has 0 aliphatic rings. The summed E-state index contributed by atoms with van der Waals surface area (Å²) in [5.74, 6) is 1.21. The highest BCUT2D eigenvalue weighted by molar-refractivity contribution is 5.85. The van der Waals surface area contributed by atoms with E-state index in [4.69, 9.17) is 10.3 Å². The van der Waals surface area contributed by atoms with Crippen molar-refractivity contribution < 1.29 is 4.52 Å². The molecule has 0 aliphatic heterocycles. The Labute approximate surface area is 107 Å². The van der Waals surface area contributed by atoms with Gasteiger partial charge in [0.25, 0.3) is 0 Å². The van der Waals surface area contributed by atoms with Crippen molar-refractivity contribution in [3.8, 4) is 11.4 Å². The van der Waals surface area contributed by atoms with Gasteiger partial charge in [-0.1, -0.05) is 35.0 Å². The summed E-state index contributed by atoms with van der Waals surface area (Å²) in [4.78, 5) is 4.29. The minimum atomic E-state index is 0. The minimum absolute atomic E-state index is 0. The van der Waals surface area contributed by atoms with E-state index in [1.165, 1.54) is 5.56 Å². The Balaban J connectivity index is 0.00000144. The van der Waals surface area contributed by atoms with Gasteiger partial charge in [0, 0.05) is 18.0 Å². The van der Waals surface area contributed by atoms with Crippen molar-refractivity contribution in [3.05, 3.63) is 35.7 Å². The maximum atomic E-state index is 5.66. The lowest BCUT2D eigenvalue weighted by atomic mass is 10.1. The second kappa shape index (κ2) is 5.80. The van der Waals surface area contributed by atoms with Gasteiger partial charge in [-0.3, -0.25) is 0 Å². The molecule has 0 aliphatic carbocycles. The Morgan fingerprint density at radius 1 is 1.29 bits per heavy atom. The number of halogens is 1. The molecule has 5 heteroatoms. The molecule has 4 nitrogen and oxygen atoms in total. The van der Waals surface area contributed by atoms with Crippen LogP contribution in [0.4, 0.5) is 0 Å². The van der Waals surface area contributed by atoms with Gasteiger partial charge < -0.3 is 10.3 Å². The monoisotopic (exact) mass is 253 g/mol. The van der Waals surface area contributed by atoms with Crippen molar-refractivity contribution in [2.24, 2.45) is 5.73 Å². The number of benzene rings is 1. The molecule has 1 heterocycles. The highest BCUT2D eigenvalue weighted by atomic mass is 35.5. The summed E-state index contributed by atoms with van der Waals surface area (Å²) >= 11 is 0. The predicted octanol–water partition coefficient (Wildman–Crippen LogP) is 2.36. The van der Waals surface area contributed by atoms with Crippen LogP contribution in [0, 0.1) is 6.92 Å². The Morgan fingerprint density at radius 2 is 1.94 bits per heavy atom. The first-order chi connectivity index (χ1) is 7.65. The van der Waals surface area contributed by atoms with Crippen LogP contribution in [-0.4, -0.2) is 16.2 Å². The van der Waals surface area contributed by atoms with E-state index < -0.39 is 0 Å². The molecule has 1 unspecified atom stereocenters. The smallest absolute Gasteiger partial charge is 0.228 e. The summed E-state index contributed by atoms with van der Waals surface area (Å²) in [5.41, 5.74) is 7.84. The van der Waals surface area contributed by atoms with Gasteiger partial charge in [-0.15, -0.1) is 12.4 Å². The fourth-order valence-electron chi connectivity index (χ4n) is 1.43. The summed E-state index contributed by atoms with van der Waals surface area (Å²) in [6.45, 7) is 3.96. The van der Waals surface area contributed by atoms with Crippen LogP contribution in [0.15, 0.2) is 28.8 Å². The number of hydrogen-bond acceptors (Lipinski definition) is 4. The SMILES string of the molecule is Cc1ccc(-c2noc(CC(C)N)n2)cc1.Cl. The Morgan fingerprint density at radius 3 is 2.53 bits per heavy atom. The van der Waals surface area contributed by atoms with E-state index in [1.54, 1.807) is 0 Å². The first-order valence-electron chi connectivity index (χ1n) is 5.30. The number of hydrogen-bond donors (Lipinski definition) is 1. The molecule has 0 radical (unpaired) electrons. The third-order valence-corrected chi connectivity index (χ3v) is 2.27. The van der Waals surface area contributed by atoms with Crippen molar-refractivity contribution >= 4 is 12.4 Å². The molecule has 2 aromatic rings. The van der Waals surface area contributed by atoms with Crippen LogP contribution in [0.1, 0.15) is 18.4 Å². The molecule has 0 bridgehead atoms. The van der Waals surface area contributed by atoms with Crippen molar-refractivity contribution in [1.29, 1.82) is 0 Å². The van der Waals surface area contributed by atoms with Crippen LogP contribution < -0.4 is 5.73 Å². The molecule has 17 heavy (non-hydrogen) atoms. The van der Waals surface area contributed by atoms with E-state index in [2.05, 4.69) is 10.1 Å². The lowest BCUT2D eigenvalue weighted by Gasteiger charge is -1.97. The van der Waals surface area contributed by atoms with Gasteiger partial charge in [-0.05, 0) is 13.8 Å². The normalized spacial score (nSPS) is 11.9. The fraction of sp³-hybridized carbons (Fsp3) is 0.333. The zero-order valence-corrected chi connectivity index (χ0v) is 10.7. The van der Waals surface area contributed by atoms with E-state index in [1.807, 2.05) is 38.1 Å². The lowest BCUT2D eigenvalue weighted by Crippen LogP contribution is -2.17. The summed E-state index contributed by atoms with van der Waals surface area (Å²) < 4.78 is 5.12. The van der Waals surface area contributed by atoms with Crippen LogP contribution in [-0.2, 0) is 6.42 Å².